The van der Waals surface area contributed by atoms with Gasteiger partial charge in [-0.1, -0.05) is 46.3 Å². The van der Waals surface area contributed by atoms with E-state index in [-0.39, 0.29) is 6.03 Å². The second-order valence-corrected chi connectivity index (χ2v) is 7.50. The van der Waals surface area contributed by atoms with Gasteiger partial charge in [-0.05, 0) is 42.0 Å². The zero-order chi connectivity index (χ0) is 20.1. The van der Waals surface area contributed by atoms with Gasteiger partial charge in [-0.2, -0.15) is 0 Å². The molecule has 0 fully saturated rings. The summed E-state index contributed by atoms with van der Waals surface area (Å²) in [6.45, 7) is 1.16. The number of fused-ring (bicyclic) bond motifs is 1. The molecule has 2 amide bonds. The summed E-state index contributed by atoms with van der Waals surface area (Å²) in [5.41, 5.74) is 3.63. The lowest BCUT2D eigenvalue weighted by atomic mass is 10.2. The van der Waals surface area contributed by atoms with Crippen LogP contribution < -0.4 is 10.6 Å². The van der Waals surface area contributed by atoms with Crippen LogP contribution in [0, 0.1) is 0 Å². The average Bonchev–Trinajstić information content (AvgIpc) is 3.08. The fraction of sp³-hybridized carbons (Fsp3) is 0.136. The molecule has 0 aliphatic heterocycles. The first-order chi connectivity index (χ1) is 14.2. The van der Waals surface area contributed by atoms with Gasteiger partial charge in [-0.15, -0.1) is 0 Å². The van der Waals surface area contributed by atoms with Crippen molar-refractivity contribution in [3.8, 4) is 0 Å². The highest BCUT2D eigenvalue weighted by atomic mass is 79.9. The molecule has 0 aliphatic rings. The Morgan fingerprint density at radius 3 is 2.59 bits per heavy atom. The molecular weight excluding hydrogens is 430 g/mol. The fourth-order valence-corrected chi connectivity index (χ4v) is 3.39. The number of nitrogens with one attached hydrogen (secondary N) is 2. The number of benzene rings is 2. The van der Waals surface area contributed by atoms with Crippen LogP contribution in [0.4, 0.5) is 10.5 Å². The first-order valence-corrected chi connectivity index (χ1v) is 10.1. The summed E-state index contributed by atoms with van der Waals surface area (Å²) < 4.78 is 3.08. The molecule has 29 heavy (non-hydrogen) atoms. The van der Waals surface area contributed by atoms with Crippen LogP contribution >= 0.6 is 15.9 Å². The van der Waals surface area contributed by atoms with Crippen LogP contribution in [-0.2, 0) is 13.0 Å². The molecule has 0 atom stereocenters. The zero-order valence-electron chi connectivity index (χ0n) is 15.7. The molecule has 0 spiro atoms. The second-order valence-electron chi connectivity index (χ2n) is 6.58. The molecule has 2 heterocycles. The first kappa shape index (κ1) is 19.1. The molecule has 0 radical (unpaired) electrons. The number of nitrogens with zero attached hydrogens (tertiary/aromatic N) is 3. The summed E-state index contributed by atoms with van der Waals surface area (Å²) in [4.78, 5) is 21.4. The van der Waals surface area contributed by atoms with Crippen molar-refractivity contribution in [1.29, 1.82) is 0 Å². The van der Waals surface area contributed by atoms with Gasteiger partial charge < -0.3 is 15.2 Å². The van der Waals surface area contributed by atoms with E-state index in [9.17, 15) is 4.79 Å². The minimum atomic E-state index is -0.240. The Balaban J connectivity index is 1.44. The molecule has 2 N–H and O–H groups in total. The van der Waals surface area contributed by atoms with Gasteiger partial charge in [0, 0.05) is 29.3 Å². The summed E-state index contributed by atoms with van der Waals surface area (Å²) in [7, 11) is 0. The van der Waals surface area contributed by atoms with E-state index in [0.717, 1.165) is 27.1 Å². The van der Waals surface area contributed by atoms with Gasteiger partial charge in [0.2, 0.25) is 0 Å². The van der Waals surface area contributed by atoms with Crippen molar-refractivity contribution >= 4 is 38.8 Å². The summed E-state index contributed by atoms with van der Waals surface area (Å²) in [6, 6.07) is 21.3. The maximum Gasteiger partial charge on any atom is 0.319 e. The second kappa shape index (κ2) is 8.87. The van der Waals surface area contributed by atoms with Crippen molar-refractivity contribution in [2.24, 2.45) is 0 Å². The molecule has 146 valence electrons. The summed E-state index contributed by atoms with van der Waals surface area (Å²) in [6.07, 6.45) is 2.39. The standard InChI is InChI=1S/C22H20BrN5O/c23-17-8-10-18(11-9-17)26-22(29)25-14-12-20-27-19-7-4-13-24-21(19)28(20)15-16-5-2-1-3-6-16/h1-11,13H,12,14-15H2,(H2,25,26,29). The lowest BCUT2D eigenvalue weighted by Gasteiger charge is -2.10. The molecule has 0 saturated carbocycles. The normalized spacial score (nSPS) is 10.8. The topological polar surface area (TPSA) is 71.8 Å². The summed E-state index contributed by atoms with van der Waals surface area (Å²) in [5.74, 6) is 0.895. The van der Waals surface area contributed by atoms with Crippen molar-refractivity contribution in [3.63, 3.8) is 0 Å². The quantitative estimate of drug-likeness (QED) is 0.451. The molecule has 0 unspecified atom stereocenters. The first-order valence-electron chi connectivity index (χ1n) is 9.33. The summed E-state index contributed by atoms with van der Waals surface area (Å²) in [5, 5.41) is 5.72. The number of carbonyl (C=O) groups excluding carboxylic acids is 1. The van der Waals surface area contributed by atoms with Crippen molar-refractivity contribution in [3.05, 3.63) is 88.8 Å². The zero-order valence-corrected chi connectivity index (χ0v) is 17.3. The van der Waals surface area contributed by atoms with Crippen LogP contribution in [0.5, 0.6) is 0 Å². The number of pyridine rings is 1. The third kappa shape index (κ3) is 4.81. The van der Waals surface area contributed by atoms with Crippen molar-refractivity contribution < 1.29 is 4.79 Å². The fourth-order valence-electron chi connectivity index (χ4n) is 3.12. The number of aromatic nitrogens is 3. The number of urea groups is 1. The predicted molar refractivity (Wildman–Crippen MR) is 118 cm³/mol. The molecule has 4 rings (SSSR count). The van der Waals surface area contributed by atoms with E-state index in [2.05, 4.69) is 48.2 Å². The highest BCUT2D eigenvalue weighted by molar-refractivity contribution is 9.10. The Kier molecular flexibility index (Phi) is 5.86. The molecular formula is C22H20BrN5O. The number of imidazole rings is 1. The van der Waals surface area contributed by atoms with Crippen molar-refractivity contribution in [1.82, 2.24) is 19.9 Å². The molecule has 4 aromatic rings. The van der Waals surface area contributed by atoms with Crippen LogP contribution in [-0.4, -0.2) is 27.1 Å². The predicted octanol–water partition coefficient (Wildman–Crippen LogP) is 4.61. The maximum absolute atomic E-state index is 12.2. The Hall–Kier alpha value is -3.19. The SMILES string of the molecule is O=C(NCCc1nc2cccnc2n1Cc1ccccc1)Nc1ccc(Br)cc1. The van der Waals surface area contributed by atoms with Gasteiger partial charge in [0.05, 0.1) is 6.54 Å². The molecule has 0 aliphatic carbocycles. The van der Waals surface area contributed by atoms with Crippen LogP contribution in [0.15, 0.2) is 77.4 Å². The molecule has 0 saturated heterocycles. The number of halogens is 1. The Morgan fingerprint density at radius 2 is 1.79 bits per heavy atom. The van der Waals surface area contributed by atoms with Gasteiger partial charge in [-0.25, -0.2) is 14.8 Å². The van der Waals surface area contributed by atoms with E-state index in [1.165, 1.54) is 5.56 Å². The number of hydrogen-bond acceptors (Lipinski definition) is 3. The van der Waals surface area contributed by atoms with E-state index in [4.69, 9.17) is 4.98 Å². The van der Waals surface area contributed by atoms with Gasteiger partial charge >= 0.3 is 6.03 Å². The highest BCUT2D eigenvalue weighted by Crippen LogP contribution is 2.17. The monoisotopic (exact) mass is 449 g/mol. The maximum atomic E-state index is 12.2. The van der Waals surface area contributed by atoms with E-state index >= 15 is 0 Å². The Labute approximate surface area is 177 Å². The Morgan fingerprint density at radius 1 is 1.00 bits per heavy atom. The van der Waals surface area contributed by atoms with Gasteiger partial charge in [0.25, 0.3) is 0 Å². The molecule has 6 nitrogen and oxygen atoms in total. The smallest absolute Gasteiger partial charge is 0.319 e. The Bertz CT molecular complexity index is 1110. The largest absolute Gasteiger partial charge is 0.337 e. The van der Waals surface area contributed by atoms with Crippen LogP contribution in [0.3, 0.4) is 0 Å². The number of amides is 2. The van der Waals surface area contributed by atoms with Crippen LogP contribution in [0.2, 0.25) is 0 Å². The van der Waals surface area contributed by atoms with Gasteiger partial charge in [0.15, 0.2) is 5.65 Å². The van der Waals surface area contributed by atoms with Crippen LogP contribution in [0.25, 0.3) is 11.2 Å². The minimum absolute atomic E-state index is 0.240. The van der Waals surface area contributed by atoms with E-state index in [1.54, 1.807) is 6.20 Å². The van der Waals surface area contributed by atoms with Crippen LogP contribution in [0.1, 0.15) is 11.4 Å². The molecule has 2 aromatic carbocycles. The third-order valence-electron chi connectivity index (χ3n) is 4.50. The minimum Gasteiger partial charge on any atom is -0.337 e. The lowest BCUT2D eigenvalue weighted by Crippen LogP contribution is -2.31. The number of carbonyl (C=O) groups is 1. The number of rotatable bonds is 6. The molecule has 0 bridgehead atoms. The third-order valence-corrected chi connectivity index (χ3v) is 5.03. The van der Waals surface area contributed by atoms with Gasteiger partial charge in [0.1, 0.15) is 11.3 Å². The number of anilines is 1. The van der Waals surface area contributed by atoms with Crippen molar-refractivity contribution in [2.75, 3.05) is 11.9 Å². The van der Waals surface area contributed by atoms with E-state index < -0.39 is 0 Å². The lowest BCUT2D eigenvalue weighted by molar-refractivity contribution is 0.252. The number of hydrogen-bond donors (Lipinski definition) is 2. The summed E-state index contributed by atoms with van der Waals surface area (Å²) >= 11 is 3.38. The molecule has 7 heteroatoms. The highest BCUT2D eigenvalue weighted by Gasteiger charge is 2.12. The molecule has 2 aromatic heterocycles. The van der Waals surface area contributed by atoms with Crippen molar-refractivity contribution in [2.45, 2.75) is 13.0 Å². The van der Waals surface area contributed by atoms with E-state index in [1.807, 2.05) is 54.6 Å². The van der Waals surface area contributed by atoms with E-state index in [0.29, 0.717) is 19.5 Å². The van der Waals surface area contributed by atoms with Gasteiger partial charge in [-0.3, -0.25) is 0 Å². The average molecular weight is 450 g/mol.